The molecule has 0 fully saturated rings. The van der Waals surface area contributed by atoms with E-state index in [2.05, 4.69) is 11.8 Å². The summed E-state index contributed by atoms with van der Waals surface area (Å²) in [5.74, 6) is 5.38. The van der Waals surface area contributed by atoms with E-state index in [9.17, 15) is 9.59 Å². The lowest BCUT2D eigenvalue weighted by molar-refractivity contribution is 0.350. The van der Waals surface area contributed by atoms with Crippen molar-refractivity contribution in [2.24, 2.45) is 7.05 Å². The van der Waals surface area contributed by atoms with Crippen molar-refractivity contribution < 1.29 is 5.11 Å². The summed E-state index contributed by atoms with van der Waals surface area (Å²) in [7, 11) is 1.59. The molecule has 1 aromatic heterocycles. The SMILES string of the molecule is Cn1ccc(=O)n(Cc2ccccc2C#CCO)c1=O. The molecule has 2 rings (SSSR count). The molecule has 0 aliphatic heterocycles. The van der Waals surface area contributed by atoms with Crippen molar-refractivity contribution in [1.29, 1.82) is 0 Å². The average molecular weight is 270 g/mol. The number of aryl methyl sites for hydroxylation is 1. The summed E-state index contributed by atoms with van der Waals surface area (Å²) in [5.41, 5.74) is 0.735. The molecule has 0 amide bonds. The number of benzene rings is 1. The van der Waals surface area contributed by atoms with E-state index in [0.717, 1.165) is 10.1 Å². The lowest BCUT2D eigenvalue weighted by atomic mass is 10.1. The third-order valence-corrected chi connectivity index (χ3v) is 2.89. The van der Waals surface area contributed by atoms with Crippen LogP contribution in [-0.4, -0.2) is 20.8 Å². The van der Waals surface area contributed by atoms with Crippen LogP contribution in [0.2, 0.25) is 0 Å². The highest BCUT2D eigenvalue weighted by Gasteiger charge is 2.06. The maximum Gasteiger partial charge on any atom is 0.331 e. The molecule has 0 spiro atoms. The topological polar surface area (TPSA) is 64.2 Å². The van der Waals surface area contributed by atoms with Crippen molar-refractivity contribution >= 4 is 0 Å². The van der Waals surface area contributed by atoms with Gasteiger partial charge in [0, 0.05) is 24.9 Å². The molecular weight excluding hydrogens is 256 g/mol. The van der Waals surface area contributed by atoms with Crippen LogP contribution in [0.5, 0.6) is 0 Å². The van der Waals surface area contributed by atoms with Crippen LogP contribution in [0.1, 0.15) is 11.1 Å². The molecule has 5 nitrogen and oxygen atoms in total. The second-order valence-corrected chi connectivity index (χ2v) is 4.25. The van der Waals surface area contributed by atoms with Gasteiger partial charge in [0.25, 0.3) is 5.56 Å². The quantitative estimate of drug-likeness (QED) is 0.778. The number of rotatable bonds is 2. The Morgan fingerprint density at radius 2 is 1.95 bits per heavy atom. The zero-order valence-corrected chi connectivity index (χ0v) is 11.0. The smallest absolute Gasteiger partial charge is 0.331 e. The van der Waals surface area contributed by atoms with Gasteiger partial charge in [-0.05, 0) is 11.6 Å². The Hall–Kier alpha value is -2.58. The van der Waals surface area contributed by atoms with Crippen molar-refractivity contribution in [2.75, 3.05) is 6.61 Å². The summed E-state index contributed by atoms with van der Waals surface area (Å²) in [5, 5.41) is 8.75. The van der Waals surface area contributed by atoms with E-state index in [1.165, 1.54) is 16.8 Å². The number of hydrogen-bond acceptors (Lipinski definition) is 3. The van der Waals surface area contributed by atoms with Crippen LogP contribution >= 0.6 is 0 Å². The van der Waals surface area contributed by atoms with E-state index in [-0.39, 0.29) is 24.4 Å². The molecule has 20 heavy (non-hydrogen) atoms. The summed E-state index contributed by atoms with van der Waals surface area (Å²) >= 11 is 0. The van der Waals surface area contributed by atoms with Crippen LogP contribution in [0.15, 0.2) is 46.1 Å². The van der Waals surface area contributed by atoms with Gasteiger partial charge in [-0.1, -0.05) is 30.0 Å². The Balaban J connectivity index is 2.49. The van der Waals surface area contributed by atoms with Gasteiger partial charge < -0.3 is 9.67 Å². The maximum absolute atomic E-state index is 12.0. The number of hydrogen-bond donors (Lipinski definition) is 1. The second-order valence-electron chi connectivity index (χ2n) is 4.25. The maximum atomic E-state index is 12.0. The molecule has 2 aromatic rings. The fourth-order valence-electron chi connectivity index (χ4n) is 1.84. The standard InChI is InChI=1S/C15H14N2O3/c1-16-9-8-14(19)17(15(16)20)11-13-6-3-2-5-12(13)7-4-10-18/h2-3,5-6,8-9,18H,10-11H2,1H3. The predicted octanol–water partition coefficient (Wildman–Crippen LogP) is -0.0609. The number of aliphatic hydroxyl groups is 1. The molecule has 1 aromatic carbocycles. The van der Waals surface area contributed by atoms with Crippen molar-refractivity contribution in [1.82, 2.24) is 9.13 Å². The van der Waals surface area contributed by atoms with E-state index >= 15 is 0 Å². The van der Waals surface area contributed by atoms with Crippen LogP contribution in [0, 0.1) is 11.8 Å². The Labute approximate surface area is 115 Å². The highest BCUT2D eigenvalue weighted by Crippen LogP contribution is 2.07. The van der Waals surface area contributed by atoms with Gasteiger partial charge in [0.15, 0.2) is 0 Å². The van der Waals surface area contributed by atoms with Crippen molar-refractivity contribution in [3.05, 3.63) is 68.5 Å². The largest absolute Gasteiger partial charge is 0.384 e. The summed E-state index contributed by atoms with van der Waals surface area (Å²) in [4.78, 5) is 23.8. The normalized spacial score (nSPS) is 9.90. The van der Waals surface area contributed by atoms with Gasteiger partial charge in [-0.2, -0.15) is 0 Å². The van der Waals surface area contributed by atoms with E-state index in [0.29, 0.717) is 5.56 Å². The molecule has 0 aliphatic rings. The van der Waals surface area contributed by atoms with E-state index in [4.69, 9.17) is 5.11 Å². The molecule has 0 bridgehead atoms. The minimum absolute atomic E-state index is 0.155. The fraction of sp³-hybridized carbons (Fsp3) is 0.200. The monoisotopic (exact) mass is 270 g/mol. The van der Waals surface area contributed by atoms with E-state index < -0.39 is 0 Å². The predicted molar refractivity (Wildman–Crippen MR) is 75.5 cm³/mol. The molecule has 0 aliphatic carbocycles. The summed E-state index contributed by atoms with van der Waals surface area (Å²) in [6.07, 6.45) is 1.44. The van der Waals surface area contributed by atoms with Gasteiger partial charge in [-0.15, -0.1) is 0 Å². The molecule has 5 heteroatoms. The van der Waals surface area contributed by atoms with Crippen molar-refractivity contribution in [3.63, 3.8) is 0 Å². The van der Waals surface area contributed by atoms with Gasteiger partial charge >= 0.3 is 5.69 Å². The molecule has 102 valence electrons. The minimum atomic E-state index is -0.373. The summed E-state index contributed by atoms with van der Waals surface area (Å²) < 4.78 is 2.50. The molecular formula is C15H14N2O3. The number of aliphatic hydroxyl groups excluding tert-OH is 1. The molecule has 0 unspecified atom stereocenters. The second kappa shape index (κ2) is 6.04. The Kier molecular flexibility index (Phi) is 4.18. The number of nitrogens with zero attached hydrogens (tertiary/aromatic N) is 2. The van der Waals surface area contributed by atoms with E-state index in [1.54, 1.807) is 19.2 Å². The zero-order chi connectivity index (χ0) is 14.5. The lowest BCUT2D eigenvalue weighted by Crippen LogP contribution is -2.38. The Morgan fingerprint density at radius 3 is 2.70 bits per heavy atom. The molecule has 1 heterocycles. The van der Waals surface area contributed by atoms with Gasteiger partial charge in [-0.3, -0.25) is 9.36 Å². The van der Waals surface area contributed by atoms with Gasteiger partial charge in [0.1, 0.15) is 6.61 Å². The van der Waals surface area contributed by atoms with Crippen LogP contribution in [-0.2, 0) is 13.6 Å². The Morgan fingerprint density at radius 1 is 1.20 bits per heavy atom. The summed E-state index contributed by atoms with van der Waals surface area (Å²) in [6.45, 7) is -0.0794. The van der Waals surface area contributed by atoms with Crippen LogP contribution in [0.4, 0.5) is 0 Å². The summed E-state index contributed by atoms with van der Waals surface area (Å²) in [6, 6.07) is 8.58. The molecule has 0 saturated carbocycles. The first-order valence-electron chi connectivity index (χ1n) is 6.07. The molecule has 1 N–H and O–H groups in total. The first-order chi connectivity index (χ1) is 9.63. The third kappa shape index (κ3) is 2.87. The van der Waals surface area contributed by atoms with Crippen molar-refractivity contribution in [3.8, 4) is 11.8 Å². The first-order valence-corrected chi connectivity index (χ1v) is 6.07. The zero-order valence-electron chi connectivity index (χ0n) is 11.0. The highest BCUT2D eigenvalue weighted by atomic mass is 16.2. The highest BCUT2D eigenvalue weighted by molar-refractivity contribution is 5.41. The third-order valence-electron chi connectivity index (χ3n) is 2.89. The molecule has 0 atom stereocenters. The van der Waals surface area contributed by atoms with Crippen LogP contribution in [0.3, 0.4) is 0 Å². The lowest BCUT2D eigenvalue weighted by Gasteiger charge is -2.08. The van der Waals surface area contributed by atoms with Crippen LogP contribution < -0.4 is 11.2 Å². The fourth-order valence-corrected chi connectivity index (χ4v) is 1.84. The molecule has 0 saturated heterocycles. The van der Waals surface area contributed by atoms with Gasteiger partial charge in [0.2, 0.25) is 0 Å². The number of aromatic nitrogens is 2. The average Bonchev–Trinajstić information content (AvgIpc) is 2.46. The molecule has 0 radical (unpaired) electrons. The Bertz CT molecular complexity index is 791. The first kappa shape index (κ1) is 13.8. The van der Waals surface area contributed by atoms with E-state index in [1.807, 2.05) is 12.1 Å². The van der Waals surface area contributed by atoms with Crippen LogP contribution in [0.25, 0.3) is 0 Å². The van der Waals surface area contributed by atoms with Gasteiger partial charge in [-0.25, -0.2) is 4.79 Å². The minimum Gasteiger partial charge on any atom is -0.384 e. The van der Waals surface area contributed by atoms with Crippen molar-refractivity contribution in [2.45, 2.75) is 6.54 Å². The van der Waals surface area contributed by atoms with Gasteiger partial charge in [0.05, 0.1) is 6.54 Å².